The first kappa shape index (κ1) is 14.2. The number of aliphatic hydroxyl groups excluding tert-OH is 1. The molecule has 1 aromatic rings. The number of esters is 1. The van der Waals surface area contributed by atoms with Crippen LogP contribution in [-0.2, 0) is 9.53 Å². The molecule has 0 atom stereocenters. The highest BCUT2D eigenvalue weighted by atomic mass is 32.1. The van der Waals surface area contributed by atoms with Crippen molar-refractivity contribution >= 4 is 23.2 Å². The average molecular weight is 267 g/mol. The number of thiophene rings is 1. The lowest BCUT2D eigenvalue weighted by molar-refractivity contribution is -0.139. The highest BCUT2D eigenvalue weighted by molar-refractivity contribution is 7.12. The van der Waals surface area contributed by atoms with Crippen LogP contribution < -0.4 is 5.32 Å². The Balaban J connectivity index is 2.67. The maximum absolute atomic E-state index is 11.8. The fourth-order valence-corrected chi connectivity index (χ4v) is 1.87. The molecule has 0 fully saturated rings. The van der Waals surface area contributed by atoms with Gasteiger partial charge in [-0.05, 0) is 11.4 Å². The number of carbonyl (C=O) groups excluding carboxylic acids is 2. The number of aliphatic hydroxyl groups is 1. The molecule has 1 amide bonds. The zero-order valence-corrected chi connectivity index (χ0v) is 10.7. The van der Waals surface area contributed by atoms with E-state index in [2.05, 4.69) is 21.9 Å². The van der Waals surface area contributed by atoms with Crippen molar-refractivity contribution in [3.63, 3.8) is 0 Å². The van der Waals surface area contributed by atoms with E-state index in [9.17, 15) is 9.59 Å². The summed E-state index contributed by atoms with van der Waals surface area (Å²) in [4.78, 5) is 23.1. The van der Waals surface area contributed by atoms with Crippen molar-refractivity contribution in [1.29, 1.82) is 0 Å². The number of ether oxygens (including phenoxy) is 1. The normalized spacial score (nSPS) is 9.22. The number of carbonyl (C=O) groups is 2. The fourth-order valence-electron chi connectivity index (χ4n) is 1.10. The molecule has 1 rings (SSSR count). The average Bonchev–Trinajstić information content (AvgIpc) is 2.84. The molecular weight excluding hydrogens is 254 g/mol. The Labute approximate surface area is 109 Å². The molecule has 1 aromatic heterocycles. The van der Waals surface area contributed by atoms with Gasteiger partial charge < -0.3 is 15.2 Å². The minimum atomic E-state index is -0.507. The number of hydrogen-bond donors (Lipinski definition) is 2. The Morgan fingerprint density at radius 2 is 2.33 bits per heavy atom. The quantitative estimate of drug-likeness (QED) is 0.611. The summed E-state index contributed by atoms with van der Waals surface area (Å²) in [6.07, 6.45) is 0.360. The van der Waals surface area contributed by atoms with Crippen molar-refractivity contribution in [2.45, 2.75) is 6.42 Å². The van der Waals surface area contributed by atoms with E-state index in [1.807, 2.05) is 0 Å². The largest absolute Gasteiger partial charge is 0.468 e. The zero-order chi connectivity index (χ0) is 13.4. The molecule has 6 heteroatoms. The first-order valence-corrected chi connectivity index (χ1v) is 6.09. The van der Waals surface area contributed by atoms with Crippen LogP contribution in [0.3, 0.4) is 0 Å². The summed E-state index contributed by atoms with van der Waals surface area (Å²) < 4.78 is 4.42. The van der Waals surface area contributed by atoms with E-state index in [-0.39, 0.29) is 19.1 Å². The molecule has 0 bridgehead atoms. The van der Waals surface area contributed by atoms with E-state index >= 15 is 0 Å². The van der Waals surface area contributed by atoms with E-state index in [1.54, 1.807) is 11.4 Å². The van der Waals surface area contributed by atoms with Gasteiger partial charge in [0, 0.05) is 12.0 Å². The summed E-state index contributed by atoms with van der Waals surface area (Å²) in [5.41, 5.74) is 0.593. The van der Waals surface area contributed by atoms with Gasteiger partial charge in [-0.25, -0.2) is 0 Å². The van der Waals surface area contributed by atoms with E-state index in [1.165, 1.54) is 18.4 Å². The Kier molecular flexibility index (Phi) is 5.91. The molecule has 96 valence electrons. The molecule has 18 heavy (non-hydrogen) atoms. The first-order chi connectivity index (χ1) is 8.69. The maximum Gasteiger partial charge on any atom is 0.325 e. The van der Waals surface area contributed by atoms with Crippen LogP contribution in [0.1, 0.15) is 21.7 Å². The second kappa shape index (κ2) is 7.48. The summed E-state index contributed by atoms with van der Waals surface area (Å²) in [5, 5.41) is 12.8. The molecule has 0 aliphatic carbocycles. The first-order valence-electron chi connectivity index (χ1n) is 5.21. The van der Waals surface area contributed by atoms with Crippen LogP contribution in [0.4, 0.5) is 0 Å². The number of nitrogens with one attached hydrogen (secondary N) is 1. The third-order valence-electron chi connectivity index (χ3n) is 1.95. The van der Waals surface area contributed by atoms with Crippen LogP contribution in [0.5, 0.6) is 0 Å². The molecular formula is C12H13NO4S. The van der Waals surface area contributed by atoms with Gasteiger partial charge in [0.05, 0.1) is 13.7 Å². The van der Waals surface area contributed by atoms with Crippen LogP contribution in [0.15, 0.2) is 11.4 Å². The van der Waals surface area contributed by atoms with Crippen molar-refractivity contribution in [1.82, 2.24) is 5.32 Å². The van der Waals surface area contributed by atoms with Crippen molar-refractivity contribution in [3.05, 3.63) is 21.9 Å². The fraction of sp³-hybridized carbons (Fsp3) is 0.333. The van der Waals surface area contributed by atoms with Crippen LogP contribution in [-0.4, -0.2) is 37.2 Å². The number of amides is 1. The molecule has 0 aliphatic heterocycles. The Bertz CT molecular complexity index is 484. The van der Waals surface area contributed by atoms with E-state index < -0.39 is 5.97 Å². The third kappa shape index (κ3) is 4.20. The summed E-state index contributed by atoms with van der Waals surface area (Å²) in [6, 6.07) is 1.72. The topological polar surface area (TPSA) is 75.6 Å². The summed E-state index contributed by atoms with van der Waals surface area (Å²) >= 11 is 1.25. The van der Waals surface area contributed by atoms with Gasteiger partial charge >= 0.3 is 5.97 Å². The van der Waals surface area contributed by atoms with Crippen molar-refractivity contribution in [2.75, 3.05) is 20.3 Å². The molecule has 0 saturated heterocycles. The second-order valence-corrected chi connectivity index (χ2v) is 4.11. The van der Waals surface area contributed by atoms with Gasteiger partial charge in [-0.1, -0.05) is 11.8 Å². The number of methoxy groups -OCH3 is 1. The van der Waals surface area contributed by atoms with Crippen molar-refractivity contribution in [3.8, 4) is 11.8 Å². The van der Waals surface area contributed by atoms with Gasteiger partial charge in [-0.3, -0.25) is 9.59 Å². The minimum absolute atomic E-state index is 0.0129. The van der Waals surface area contributed by atoms with E-state index in [0.717, 1.165) is 0 Å². The zero-order valence-electron chi connectivity index (χ0n) is 9.86. The van der Waals surface area contributed by atoms with Crippen molar-refractivity contribution < 1.29 is 19.4 Å². The van der Waals surface area contributed by atoms with E-state index in [0.29, 0.717) is 16.9 Å². The minimum Gasteiger partial charge on any atom is -0.468 e. The second-order valence-electron chi connectivity index (χ2n) is 3.20. The van der Waals surface area contributed by atoms with Gasteiger partial charge in [0.25, 0.3) is 5.91 Å². The van der Waals surface area contributed by atoms with Crippen LogP contribution >= 0.6 is 11.3 Å². The molecule has 0 spiro atoms. The Morgan fingerprint density at radius 1 is 1.56 bits per heavy atom. The monoisotopic (exact) mass is 267 g/mol. The molecule has 0 radical (unpaired) electrons. The van der Waals surface area contributed by atoms with Crippen LogP contribution in [0.25, 0.3) is 0 Å². The Hall–Kier alpha value is -1.84. The molecule has 0 aromatic carbocycles. The van der Waals surface area contributed by atoms with E-state index in [4.69, 9.17) is 5.11 Å². The van der Waals surface area contributed by atoms with Gasteiger partial charge in [-0.15, -0.1) is 11.3 Å². The van der Waals surface area contributed by atoms with Crippen molar-refractivity contribution in [2.24, 2.45) is 0 Å². The SMILES string of the molecule is COC(=O)CNC(=O)c1sccc1C#CCCO. The van der Waals surface area contributed by atoms with Gasteiger partial charge in [0.15, 0.2) is 0 Å². The van der Waals surface area contributed by atoms with Gasteiger partial charge in [-0.2, -0.15) is 0 Å². The highest BCUT2D eigenvalue weighted by Crippen LogP contribution is 2.15. The predicted octanol–water partition coefficient (Wildman–Crippen LogP) is 0.385. The van der Waals surface area contributed by atoms with Gasteiger partial charge in [0.2, 0.25) is 0 Å². The maximum atomic E-state index is 11.8. The molecule has 0 saturated carbocycles. The lowest BCUT2D eigenvalue weighted by Crippen LogP contribution is -2.29. The van der Waals surface area contributed by atoms with Crippen LogP contribution in [0.2, 0.25) is 0 Å². The summed E-state index contributed by atoms with van der Waals surface area (Å²) in [5.74, 6) is 4.68. The predicted molar refractivity (Wildman–Crippen MR) is 67.2 cm³/mol. The Morgan fingerprint density at radius 3 is 3.00 bits per heavy atom. The molecule has 2 N–H and O–H groups in total. The molecule has 0 unspecified atom stereocenters. The lowest BCUT2D eigenvalue weighted by Gasteiger charge is -2.02. The third-order valence-corrected chi connectivity index (χ3v) is 2.87. The standard InChI is InChI=1S/C12H13NO4S/c1-17-10(15)8-13-12(16)11-9(5-7-18-11)4-2-3-6-14/h5,7,14H,3,6,8H2,1H3,(H,13,16). The molecule has 0 aliphatic rings. The lowest BCUT2D eigenvalue weighted by atomic mass is 10.2. The van der Waals surface area contributed by atoms with Gasteiger partial charge in [0.1, 0.15) is 11.4 Å². The number of rotatable bonds is 4. The van der Waals surface area contributed by atoms with Crippen LogP contribution in [0, 0.1) is 11.8 Å². The summed E-state index contributed by atoms with van der Waals surface area (Å²) in [7, 11) is 1.26. The highest BCUT2D eigenvalue weighted by Gasteiger charge is 2.12. The smallest absolute Gasteiger partial charge is 0.325 e. The number of hydrogen-bond acceptors (Lipinski definition) is 5. The molecule has 5 nitrogen and oxygen atoms in total. The molecule has 1 heterocycles. The summed E-state index contributed by atoms with van der Waals surface area (Å²) in [6.45, 7) is -0.183.